The van der Waals surface area contributed by atoms with E-state index in [2.05, 4.69) is 12.2 Å². The van der Waals surface area contributed by atoms with Crippen LogP contribution in [0, 0.1) is 0 Å². The normalized spacial score (nSPS) is 11.7. The van der Waals surface area contributed by atoms with Gasteiger partial charge in [0.2, 0.25) is 11.8 Å². The van der Waals surface area contributed by atoms with Crippen molar-refractivity contribution in [2.75, 3.05) is 18.8 Å². The van der Waals surface area contributed by atoms with Crippen molar-refractivity contribution in [2.45, 2.75) is 44.0 Å². The molecular weight excluding hydrogens is 404 g/mol. The second-order valence-corrected chi connectivity index (χ2v) is 8.37. The van der Waals surface area contributed by atoms with E-state index in [1.165, 1.54) is 11.8 Å². The second-order valence-electron chi connectivity index (χ2n) is 6.89. The Morgan fingerprint density at radius 3 is 2.45 bits per heavy atom. The van der Waals surface area contributed by atoms with E-state index in [9.17, 15) is 9.59 Å². The first-order valence-corrected chi connectivity index (χ1v) is 11.4. The SMILES string of the molecule is CCCCNC(=O)C(C)N(CCc1ccccc1)C(=O)CSc1ccc(Cl)cc1. The lowest BCUT2D eigenvalue weighted by Crippen LogP contribution is -2.49. The third kappa shape index (κ3) is 8.11. The van der Waals surface area contributed by atoms with Crippen LogP contribution in [0.15, 0.2) is 59.5 Å². The summed E-state index contributed by atoms with van der Waals surface area (Å²) in [4.78, 5) is 28.2. The standard InChI is InChI=1S/C23H29ClN2O2S/c1-3-4-15-25-23(28)18(2)26(16-14-19-8-6-5-7-9-19)22(27)17-29-21-12-10-20(24)11-13-21/h5-13,18H,3-4,14-17H2,1-2H3,(H,25,28). The van der Waals surface area contributed by atoms with Crippen molar-refractivity contribution in [1.82, 2.24) is 10.2 Å². The van der Waals surface area contributed by atoms with Gasteiger partial charge in [0.15, 0.2) is 0 Å². The third-order valence-corrected chi connectivity index (χ3v) is 5.91. The third-order valence-electron chi connectivity index (χ3n) is 4.66. The summed E-state index contributed by atoms with van der Waals surface area (Å²) in [7, 11) is 0. The number of benzene rings is 2. The highest BCUT2D eigenvalue weighted by Gasteiger charge is 2.25. The molecule has 0 saturated carbocycles. The van der Waals surface area contributed by atoms with Gasteiger partial charge in [-0.3, -0.25) is 9.59 Å². The van der Waals surface area contributed by atoms with Gasteiger partial charge in [-0.05, 0) is 49.6 Å². The summed E-state index contributed by atoms with van der Waals surface area (Å²) in [6, 6.07) is 16.9. The van der Waals surface area contributed by atoms with Crippen molar-refractivity contribution in [2.24, 2.45) is 0 Å². The molecule has 2 rings (SSSR count). The van der Waals surface area contributed by atoms with Gasteiger partial charge in [-0.1, -0.05) is 55.3 Å². The van der Waals surface area contributed by atoms with Crippen molar-refractivity contribution < 1.29 is 9.59 Å². The highest BCUT2D eigenvalue weighted by Crippen LogP contribution is 2.21. The fourth-order valence-electron chi connectivity index (χ4n) is 2.86. The molecule has 0 aliphatic carbocycles. The zero-order chi connectivity index (χ0) is 21.1. The second kappa shape index (κ2) is 12.6. The average Bonchev–Trinajstić information content (AvgIpc) is 2.74. The maximum absolute atomic E-state index is 13.0. The Kier molecular flexibility index (Phi) is 10.1. The topological polar surface area (TPSA) is 49.4 Å². The zero-order valence-electron chi connectivity index (χ0n) is 17.1. The van der Waals surface area contributed by atoms with Gasteiger partial charge in [0.05, 0.1) is 5.75 Å². The number of carbonyl (C=O) groups is 2. The van der Waals surface area contributed by atoms with Crippen LogP contribution < -0.4 is 5.32 Å². The Hall–Kier alpha value is -1.98. The fourth-order valence-corrected chi connectivity index (χ4v) is 3.78. The minimum atomic E-state index is -0.506. The number of halogens is 1. The molecule has 1 N–H and O–H groups in total. The summed E-state index contributed by atoms with van der Waals surface area (Å²) >= 11 is 7.38. The lowest BCUT2D eigenvalue weighted by molar-refractivity contribution is -0.137. The van der Waals surface area contributed by atoms with Gasteiger partial charge >= 0.3 is 0 Å². The van der Waals surface area contributed by atoms with Crippen LogP contribution in [0.3, 0.4) is 0 Å². The number of carbonyl (C=O) groups excluding carboxylic acids is 2. The van der Waals surface area contributed by atoms with Crippen molar-refractivity contribution in [3.05, 3.63) is 65.2 Å². The molecule has 0 aliphatic heterocycles. The molecule has 0 saturated heterocycles. The number of hydrogen-bond acceptors (Lipinski definition) is 3. The number of nitrogens with one attached hydrogen (secondary N) is 1. The van der Waals surface area contributed by atoms with Gasteiger partial charge < -0.3 is 10.2 Å². The van der Waals surface area contributed by atoms with Crippen LogP contribution >= 0.6 is 23.4 Å². The monoisotopic (exact) mass is 432 g/mol. The molecule has 29 heavy (non-hydrogen) atoms. The summed E-state index contributed by atoms with van der Waals surface area (Å²) in [6.45, 7) is 5.03. The molecule has 2 amide bonds. The predicted octanol–water partition coefficient (Wildman–Crippen LogP) is 4.81. The van der Waals surface area contributed by atoms with Gasteiger partial charge in [-0.25, -0.2) is 0 Å². The van der Waals surface area contributed by atoms with Gasteiger partial charge in [-0.15, -0.1) is 11.8 Å². The summed E-state index contributed by atoms with van der Waals surface area (Å²) in [5, 5.41) is 3.61. The fraction of sp³-hybridized carbons (Fsp3) is 0.391. The van der Waals surface area contributed by atoms with E-state index < -0.39 is 6.04 Å². The first kappa shape index (κ1) is 23.3. The number of amides is 2. The molecule has 1 unspecified atom stereocenters. The number of thioether (sulfide) groups is 1. The Balaban J connectivity index is 2.01. The molecule has 6 heteroatoms. The Morgan fingerprint density at radius 2 is 1.79 bits per heavy atom. The lowest BCUT2D eigenvalue weighted by atomic mass is 10.1. The number of unbranched alkanes of at least 4 members (excludes halogenated alkanes) is 1. The minimum absolute atomic E-state index is 0.0426. The number of nitrogens with zero attached hydrogens (tertiary/aromatic N) is 1. The molecule has 0 spiro atoms. The van der Waals surface area contributed by atoms with Crippen molar-refractivity contribution in [3.8, 4) is 0 Å². The number of rotatable bonds is 11. The molecular formula is C23H29ClN2O2S. The van der Waals surface area contributed by atoms with Gasteiger partial charge in [-0.2, -0.15) is 0 Å². The summed E-state index contributed by atoms with van der Waals surface area (Å²) < 4.78 is 0. The Labute approximate surface area is 183 Å². The molecule has 156 valence electrons. The predicted molar refractivity (Wildman–Crippen MR) is 121 cm³/mol. The molecule has 2 aromatic rings. The molecule has 1 atom stereocenters. The van der Waals surface area contributed by atoms with E-state index in [0.717, 1.165) is 23.3 Å². The zero-order valence-corrected chi connectivity index (χ0v) is 18.6. The van der Waals surface area contributed by atoms with E-state index in [-0.39, 0.29) is 17.6 Å². The maximum Gasteiger partial charge on any atom is 0.242 e. The average molecular weight is 433 g/mol. The summed E-state index contributed by atoms with van der Waals surface area (Å²) in [5.74, 6) is 0.138. The Bertz CT molecular complexity index is 768. The van der Waals surface area contributed by atoms with E-state index >= 15 is 0 Å². The van der Waals surface area contributed by atoms with E-state index in [1.807, 2.05) is 54.6 Å². The van der Waals surface area contributed by atoms with Crippen LogP contribution in [0.1, 0.15) is 32.3 Å². The van der Waals surface area contributed by atoms with Crippen molar-refractivity contribution >= 4 is 35.2 Å². The molecule has 0 heterocycles. The van der Waals surface area contributed by atoms with Crippen LogP contribution in [0.4, 0.5) is 0 Å². The smallest absolute Gasteiger partial charge is 0.242 e. The largest absolute Gasteiger partial charge is 0.354 e. The Morgan fingerprint density at radius 1 is 1.10 bits per heavy atom. The maximum atomic E-state index is 13.0. The minimum Gasteiger partial charge on any atom is -0.354 e. The molecule has 0 radical (unpaired) electrons. The highest BCUT2D eigenvalue weighted by molar-refractivity contribution is 8.00. The number of hydrogen-bond donors (Lipinski definition) is 1. The molecule has 4 nitrogen and oxygen atoms in total. The van der Waals surface area contributed by atoms with Gasteiger partial charge in [0.1, 0.15) is 6.04 Å². The van der Waals surface area contributed by atoms with Crippen molar-refractivity contribution in [3.63, 3.8) is 0 Å². The van der Waals surface area contributed by atoms with Crippen LogP contribution in [0.25, 0.3) is 0 Å². The highest BCUT2D eigenvalue weighted by atomic mass is 35.5. The molecule has 0 fully saturated rings. The first-order valence-electron chi connectivity index (χ1n) is 10.0. The summed E-state index contributed by atoms with van der Waals surface area (Å²) in [5.41, 5.74) is 1.15. The quantitative estimate of drug-likeness (QED) is 0.409. The van der Waals surface area contributed by atoms with Crippen LogP contribution in [0.2, 0.25) is 5.02 Å². The van der Waals surface area contributed by atoms with E-state index in [1.54, 1.807) is 11.8 Å². The van der Waals surface area contributed by atoms with E-state index in [4.69, 9.17) is 11.6 Å². The van der Waals surface area contributed by atoms with Crippen LogP contribution in [0.5, 0.6) is 0 Å². The van der Waals surface area contributed by atoms with Crippen molar-refractivity contribution in [1.29, 1.82) is 0 Å². The molecule has 0 aromatic heterocycles. The lowest BCUT2D eigenvalue weighted by Gasteiger charge is -2.28. The molecule has 2 aromatic carbocycles. The first-order chi connectivity index (χ1) is 14.0. The van der Waals surface area contributed by atoms with Gasteiger partial charge in [0.25, 0.3) is 0 Å². The molecule has 0 bridgehead atoms. The van der Waals surface area contributed by atoms with Crippen LogP contribution in [-0.4, -0.2) is 41.6 Å². The molecule has 0 aliphatic rings. The summed E-state index contributed by atoms with van der Waals surface area (Å²) in [6.07, 6.45) is 2.66. The van der Waals surface area contributed by atoms with E-state index in [0.29, 0.717) is 24.5 Å². The van der Waals surface area contributed by atoms with Gasteiger partial charge in [0, 0.05) is 23.0 Å². The van der Waals surface area contributed by atoms with Crippen LogP contribution in [-0.2, 0) is 16.0 Å².